The van der Waals surface area contributed by atoms with E-state index >= 15 is 0 Å². The maximum atomic E-state index is 11.5. The van der Waals surface area contributed by atoms with Crippen molar-refractivity contribution in [2.45, 2.75) is 19.8 Å². The molecule has 1 unspecified atom stereocenters. The molecule has 1 atom stereocenters. The van der Waals surface area contributed by atoms with Gasteiger partial charge < -0.3 is 21.1 Å². The summed E-state index contributed by atoms with van der Waals surface area (Å²) < 4.78 is 0. The molecule has 0 spiro atoms. The number of aromatic amines is 1. The summed E-state index contributed by atoms with van der Waals surface area (Å²) in [5.74, 6) is 0.145. The summed E-state index contributed by atoms with van der Waals surface area (Å²) in [7, 11) is 0. The number of hydrogen-bond acceptors (Lipinski definition) is 3. The molecule has 0 bridgehead atoms. The van der Waals surface area contributed by atoms with Gasteiger partial charge in [-0.3, -0.25) is 4.79 Å². The maximum Gasteiger partial charge on any atom is 0.267 e. The summed E-state index contributed by atoms with van der Waals surface area (Å²) >= 11 is 0. The molecule has 0 aliphatic carbocycles. The van der Waals surface area contributed by atoms with E-state index in [0.29, 0.717) is 17.9 Å². The quantitative estimate of drug-likeness (QED) is 0.538. The lowest BCUT2D eigenvalue weighted by molar-refractivity contribution is 0.0947. The first-order valence-corrected chi connectivity index (χ1v) is 5.46. The summed E-state index contributed by atoms with van der Waals surface area (Å²) in [5, 5.41) is 11.6. The number of aliphatic hydroxyl groups is 1. The highest BCUT2D eigenvalue weighted by Crippen LogP contribution is 2.05. The highest BCUT2D eigenvalue weighted by molar-refractivity contribution is 5.93. The molecule has 1 aromatic heterocycles. The zero-order valence-electron chi connectivity index (χ0n) is 9.49. The Morgan fingerprint density at radius 2 is 2.44 bits per heavy atom. The van der Waals surface area contributed by atoms with E-state index in [2.05, 4.69) is 10.3 Å². The van der Waals surface area contributed by atoms with Crippen LogP contribution in [0.15, 0.2) is 12.3 Å². The van der Waals surface area contributed by atoms with Crippen molar-refractivity contribution in [3.05, 3.63) is 18.0 Å². The van der Waals surface area contributed by atoms with Crippen molar-refractivity contribution >= 4 is 11.6 Å². The van der Waals surface area contributed by atoms with Crippen LogP contribution in [0.1, 0.15) is 30.3 Å². The lowest BCUT2D eigenvalue weighted by Crippen LogP contribution is -2.25. The summed E-state index contributed by atoms with van der Waals surface area (Å²) in [6, 6.07) is 1.60. The number of anilines is 1. The lowest BCUT2D eigenvalue weighted by atomic mass is 10.1. The van der Waals surface area contributed by atoms with Gasteiger partial charge in [-0.2, -0.15) is 0 Å². The summed E-state index contributed by atoms with van der Waals surface area (Å²) in [4.78, 5) is 14.3. The van der Waals surface area contributed by atoms with E-state index in [-0.39, 0.29) is 18.4 Å². The highest BCUT2D eigenvalue weighted by atomic mass is 16.3. The molecule has 1 heterocycles. The van der Waals surface area contributed by atoms with Gasteiger partial charge in [-0.1, -0.05) is 6.92 Å². The molecule has 0 aromatic carbocycles. The molecule has 16 heavy (non-hydrogen) atoms. The number of carbonyl (C=O) groups excluding carboxylic acids is 1. The molecule has 1 aromatic rings. The zero-order chi connectivity index (χ0) is 12.0. The van der Waals surface area contributed by atoms with E-state index in [1.54, 1.807) is 12.3 Å². The van der Waals surface area contributed by atoms with Crippen LogP contribution >= 0.6 is 0 Å². The molecule has 5 nitrogen and oxygen atoms in total. The first-order valence-electron chi connectivity index (χ1n) is 5.46. The molecule has 0 radical (unpaired) electrons. The Labute approximate surface area is 95.0 Å². The molecule has 0 aliphatic rings. The molecular weight excluding hydrogens is 206 g/mol. The van der Waals surface area contributed by atoms with Crippen LogP contribution in [0.3, 0.4) is 0 Å². The number of aliphatic hydroxyl groups excluding tert-OH is 1. The van der Waals surface area contributed by atoms with Crippen molar-refractivity contribution in [3.63, 3.8) is 0 Å². The third-order valence-electron chi connectivity index (χ3n) is 2.42. The standard InChI is InChI=1S/C11H19N3O2/c1-8(7-15)3-2-4-13-11(16)10-5-9(12)6-14-10/h5-6,8,14-15H,2-4,7,12H2,1H3,(H,13,16). The molecule has 0 saturated carbocycles. The Morgan fingerprint density at radius 3 is 3.00 bits per heavy atom. The summed E-state index contributed by atoms with van der Waals surface area (Å²) in [6.45, 7) is 2.79. The van der Waals surface area contributed by atoms with E-state index in [1.807, 2.05) is 6.92 Å². The highest BCUT2D eigenvalue weighted by Gasteiger charge is 2.06. The molecule has 1 amide bonds. The van der Waals surface area contributed by atoms with Crippen molar-refractivity contribution in [2.75, 3.05) is 18.9 Å². The number of rotatable bonds is 6. The van der Waals surface area contributed by atoms with Crippen molar-refractivity contribution in [2.24, 2.45) is 5.92 Å². The predicted molar refractivity (Wildman–Crippen MR) is 63.0 cm³/mol. The largest absolute Gasteiger partial charge is 0.397 e. The van der Waals surface area contributed by atoms with Crippen LogP contribution in [0, 0.1) is 5.92 Å². The Hall–Kier alpha value is -1.49. The van der Waals surface area contributed by atoms with Gasteiger partial charge in [0, 0.05) is 25.0 Å². The number of hydrogen-bond donors (Lipinski definition) is 4. The minimum Gasteiger partial charge on any atom is -0.397 e. The fourth-order valence-electron chi connectivity index (χ4n) is 1.38. The van der Waals surface area contributed by atoms with Crippen LogP contribution in [0.4, 0.5) is 5.69 Å². The van der Waals surface area contributed by atoms with Gasteiger partial charge >= 0.3 is 0 Å². The second kappa shape index (κ2) is 6.17. The van der Waals surface area contributed by atoms with Crippen LogP contribution in [-0.2, 0) is 0 Å². The number of nitrogens with two attached hydrogens (primary N) is 1. The smallest absolute Gasteiger partial charge is 0.267 e. The minimum absolute atomic E-state index is 0.145. The second-order valence-electron chi connectivity index (χ2n) is 4.03. The number of amides is 1. The Morgan fingerprint density at radius 1 is 1.69 bits per heavy atom. The van der Waals surface area contributed by atoms with Gasteiger partial charge in [0.15, 0.2) is 0 Å². The maximum absolute atomic E-state index is 11.5. The number of nitrogens with one attached hydrogen (secondary N) is 2. The van der Waals surface area contributed by atoms with Gasteiger partial charge in [0.25, 0.3) is 5.91 Å². The average Bonchev–Trinajstić information content (AvgIpc) is 2.70. The van der Waals surface area contributed by atoms with Gasteiger partial charge in [0.2, 0.25) is 0 Å². The van der Waals surface area contributed by atoms with Crippen LogP contribution in [-0.4, -0.2) is 29.1 Å². The third kappa shape index (κ3) is 3.94. The lowest BCUT2D eigenvalue weighted by Gasteiger charge is -2.07. The van der Waals surface area contributed by atoms with Gasteiger partial charge in [-0.15, -0.1) is 0 Å². The molecule has 0 aliphatic heterocycles. The van der Waals surface area contributed by atoms with Crippen molar-refractivity contribution in [1.29, 1.82) is 0 Å². The monoisotopic (exact) mass is 225 g/mol. The van der Waals surface area contributed by atoms with Crippen molar-refractivity contribution < 1.29 is 9.90 Å². The normalized spacial score (nSPS) is 12.4. The topological polar surface area (TPSA) is 91.1 Å². The van der Waals surface area contributed by atoms with Crippen molar-refractivity contribution in [1.82, 2.24) is 10.3 Å². The van der Waals surface area contributed by atoms with Gasteiger partial charge in [-0.25, -0.2) is 0 Å². The molecule has 0 fully saturated rings. The van der Waals surface area contributed by atoms with Crippen molar-refractivity contribution in [3.8, 4) is 0 Å². The molecular formula is C11H19N3O2. The first-order chi connectivity index (χ1) is 7.63. The van der Waals surface area contributed by atoms with Crippen LogP contribution < -0.4 is 11.1 Å². The van der Waals surface area contributed by atoms with Gasteiger partial charge in [0.05, 0.1) is 0 Å². The molecule has 0 saturated heterocycles. The number of H-pyrrole nitrogens is 1. The van der Waals surface area contributed by atoms with E-state index in [1.165, 1.54) is 0 Å². The van der Waals surface area contributed by atoms with E-state index in [9.17, 15) is 4.79 Å². The SMILES string of the molecule is CC(CO)CCCNC(=O)c1cc(N)c[nH]1. The number of carbonyl (C=O) groups is 1. The van der Waals surface area contributed by atoms with Crippen LogP contribution in [0.5, 0.6) is 0 Å². The molecule has 5 heteroatoms. The molecule has 5 N–H and O–H groups in total. The van der Waals surface area contributed by atoms with E-state index in [0.717, 1.165) is 12.8 Å². The fraction of sp³-hybridized carbons (Fsp3) is 0.545. The number of nitrogen functional groups attached to an aromatic ring is 1. The summed E-state index contributed by atoms with van der Waals surface area (Å²) in [5.41, 5.74) is 6.52. The first kappa shape index (κ1) is 12.6. The van der Waals surface area contributed by atoms with Crippen LogP contribution in [0.2, 0.25) is 0 Å². The summed E-state index contributed by atoms with van der Waals surface area (Å²) in [6.07, 6.45) is 3.36. The minimum atomic E-state index is -0.145. The Bertz CT molecular complexity index is 336. The average molecular weight is 225 g/mol. The van der Waals surface area contributed by atoms with E-state index in [4.69, 9.17) is 10.8 Å². The molecule has 90 valence electrons. The Balaban J connectivity index is 2.21. The van der Waals surface area contributed by atoms with Gasteiger partial charge in [0.1, 0.15) is 5.69 Å². The van der Waals surface area contributed by atoms with E-state index < -0.39 is 0 Å². The third-order valence-corrected chi connectivity index (χ3v) is 2.42. The van der Waals surface area contributed by atoms with Gasteiger partial charge in [-0.05, 0) is 24.8 Å². The Kier molecular flexibility index (Phi) is 4.85. The zero-order valence-corrected chi connectivity index (χ0v) is 9.49. The second-order valence-corrected chi connectivity index (χ2v) is 4.03. The van der Waals surface area contributed by atoms with Crippen LogP contribution in [0.25, 0.3) is 0 Å². The molecule has 1 rings (SSSR count). The number of aromatic nitrogens is 1. The predicted octanol–water partition coefficient (Wildman–Crippen LogP) is 0.735. The fourth-order valence-corrected chi connectivity index (χ4v) is 1.38.